The van der Waals surface area contributed by atoms with Crippen molar-refractivity contribution in [1.29, 1.82) is 0 Å². The molecule has 5 heteroatoms. The van der Waals surface area contributed by atoms with Gasteiger partial charge in [0.15, 0.2) is 0 Å². The van der Waals surface area contributed by atoms with E-state index in [1.54, 1.807) is 0 Å². The molecule has 1 heterocycles. The first-order chi connectivity index (χ1) is 11.2. The first kappa shape index (κ1) is 15.0. The van der Waals surface area contributed by atoms with Crippen molar-refractivity contribution in [2.24, 2.45) is 24.3 Å². The number of azo groups is 1. The first-order valence-corrected chi connectivity index (χ1v) is 7.53. The van der Waals surface area contributed by atoms with Gasteiger partial charge in [-0.2, -0.15) is 0 Å². The van der Waals surface area contributed by atoms with Crippen molar-refractivity contribution in [1.82, 2.24) is 4.57 Å². The molecule has 0 aliphatic rings. The highest BCUT2D eigenvalue weighted by Gasteiger charge is 2.10. The van der Waals surface area contributed by atoms with Crippen LogP contribution < -0.4 is 9.88 Å². The zero-order valence-electron chi connectivity index (χ0n) is 13.3. The van der Waals surface area contributed by atoms with Crippen LogP contribution in [0.25, 0.3) is 0 Å². The van der Waals surface area contributed by atoms with E-state index >= 15 is 0 Å². The van der Waals surface area contributed by atoms with Gasteiger partial charge in [0, 0.05) is 17.3 Å². The van der Waals surface area contributed by atoms with Gasteiger partial charge < -0.3 is 5.32 Å². The number of nitrogens with zero attached hydrogens (tertiary/aromatic N) is 4. The Hall–Kier alpha value is -2.95. The van der Waals surface area contributed by atoms with Crippen LogP contribution in [0.1, 0.15) is 5.56 Å². The fourth-order valence-electron chi connectivity index (χ4n) is 2.27. The van der Waals surface area contributed by atoms with Gasteiger partial charge in [0.05, 0.1) is 26.5 Å². The second-order valence-corrected chi connectivity index (χ2v) is 5.41. The highest BCUT2D eigenvalue weighted by atomic mass is 15.3. The quantitative estimate of drug-likeness (QED) is 0.564. The molecule has 5 nitrogen and oxygen atoms in total. The van der Waals surface area contributed by atoms with Gasteiger partial charge in [-0.1, -0.05) is 35.4 Å². The molecule has 0 bridgehead atoms. The van der Waals surface area contributed by atoms with Gasteiger partial charge >= 0.3 is 5.95 Å². The predicted molar refractivity (Wildman–Crippen MR) is 91.0 cm³/mol. The lowest BCUT2D eigenvalue weighted by atomic mass is 10.2. The molecule has 0 radical (unpaired) electrons. The lowest BCUT2D eigenvalue weighted by molar-refractivity contribution is -0.657. The summed E-state index contributed by atoms with van der Waals surface area (Å²) in [7, 11) is 3.90. The van der Waals surface area contributed by atoms with E-state index in [-0.39, 0.29) is 0 Å². The van der Waals surface area contributed by atoms with Crippen molar-refractivity contribution in [2.45, 2.75) is 6.54 Å². The number of aryl methyl sites for hydroxylation is 2. The van der Waals surface area contributed by atoms with Crippen LogP contribution in [-0.2, 0) is 20.6 Å². The molecule has 116 valence electrons. The Morgan fingerprint density at radius 2 is 1.74 bits per heavy atom. The Morgan fingerprint density at radius 1 is 1.00 bits per heavy atom. The highest BCUT2D eigenvalue weighted by molar-refractivity contribution is 5.51. The highest BCUT2D eigenvalue weighted by Crippen LogP contribution is 2.19. The van der Waals surface area contributed by atoms with E-state index in [1.807, 2.05) is 78.1 Å². The summed E-state index contributed by atoms with van der Waals surface area (Å²) < 4.78 is 3.86. The van der Waals surface area contributed by atoms with Crippen LogP contribution in [-0.4, -0.2) is 4.57 Å². The van der Waals surface area contributed by atoms with E-state index in [9.17, 15) is 0 Å². The Labute approximate surface area is 135 Å². The third-order valence-corrected chi connectivity index (χ3v) is 3.61. The molecular formula is C18H20N5+. The van der Waals surface area contributed by atoms with E-state index in [2.05, 4.69) is 27.7 Å². The van der Waals surface area contributed by atoms with Crippen molar-refractivity contribution in [3.8, 4) is 0 Å². The molecule has 0 amide bonds. The zero-order chi connectivity index (χ0) is 16.1. The van der Waals surface area contributed by atoms with Gasteiger partial charge in [0.2, 0.25) is 0 Å². The van der Waals surface area contributed by atoms with Crippen molar-refractivity contribution >= 4 is 17.3 Å². The second kappa shape index (κ2) is 6.87. The van der Waals surface area contributed by atoms with E-state index in [0.717, 1.165) is 23.9 Å². The minimum atomic E-state index is 0.802. The fourth-order valence-corrected chi connectivity index (χ4v) is 2.27. The molecular weight excluding hydrogens is 286 g/mol. The number of aromatic nitrogens is 2. The van der Waals surface area contributed by atoms with Crippen LogP contribution in [0.4, 0.5) is 17.3 Å². The van der Waals surface area contributed by atoms with Crippen LogP contribution in [0.5, 0.6) is 0 Å². The number of anilines is 1. The monoisotopic (exact) mass is 306 g/mol. The summed E-state index contributed by atoms with van der Waals surface area (Å²) in [6, 6.07) is 18.3. The number of hydrogen-bond donors (Lipinski definition) is 1. The summed E-state index contributed by atoms with van der Waals surface area (Å²) in [6.07, 6.45) is 3.90. The Morgan fingerprint density at radius 3 is 2.39 bits per heavy atom. The molecule has 1 aromatic heterocycles. The molecule has 0 saturated heterocycles. The summed E-state index contributed by atoms with van der Waals surface area (Å²) in [5.74, 6) is 0.802. The van der Waals surface area contributed by atoms with Crippen LogP contribution in [0.2, 0.25) is 0 Å². The average Bonchev–Trinajstić information content (AvgIpc) is 2.91. The molecule has 0 aliphatic heterocycles. The van der Waals surface area contributed by atoms with E-state index < -0.39 is 0 Å². The third kappa shape index (κ3) is 3.83. The van der Waals surface area contributed by atoms with Crippen LogP contribution in [0.15, 0.2) is 77.2 Å². The summed E-state index contributed by atoms with van der Waals surface area (Å²) in [5.41, 5.74) is 3.15. The van der Waals surface area contributed by atoms with Gasteiger partial charge in [-0.15, -0.1) is 0 Å². The summed E-state index contributed by atoms with van der Waals surface area (Å²) >= 11 is 0. The molecule has 0 unspecified atom stereocenters. The van der Waals surface area contributed by atoms with Gasteiger partial charge in [0.1, 0.15) is 5.69 Å². The van der Waals surface area contributed by atoms with Gasteiger partial charge in [-0.25, -0.2) is 9.13 Å². The number of nitrogens with one attached hydrogen (secondary N) is 1. The van der Waals surface area contributed by atoms with Gasteiger partial charge in [-0.05, 0) is 29.8 Å². The van der Waals surface area contributed by atoms with Gasteiger partial charge in [0.25, 0.3) is 0 Å². The van der Waals surface area contributed by atoms with Crippen molar-refractivity contribution in [3.63, 3.8) is 0 Å². The fraction of sp³-hybridized carbons (Fsp3) is 0.167. The number of benzene rings is 2. The topological polar surface area (TPSA) is 45.6 Å². The molecule has 23 heavy (non-hydrogen) atoms. The molecule has 0 spiro atoms. The van der Waals surface area contributed by atoms with Crippen LogP contribution >= 0.6 is 0 Å². The maximum Gasteiger partial charge on any atom is 0.421 e. The minimum Gasteiger partial charge on any atom is -0.381 e. The Balaban J connectivity index is 1.63. The maximum atomic E-state index is 4.29. The van der Waals surface area contributed by atoms with Crippen molar-refractivity contribution < 1.29 is 4.57 Å². The molecule has 1 N–H and O–H groups in total. The average molecular weight is 306 g/mol. The smallest absolute Gasteiger partial charge is 0.381 e. The van der Waals surface area contributed by atoms with Crippen LogP contribution in [0.3, 0.4) is 0 Å². The van der Waals surface area contributed by atoms with E-state index in [0.29, 0.717) is 0 Å². The third-order valence-electron chi connectivity index (χ3n) is 3.61. The molecule has 0 saturated carbocycles. The molecule has 0 fully saturated rings. The maximum absolute atomic E-state index is 4.29. The molecule has 0 atom stereocenters. The SMILES string of the molecule is Cn1cc[n+](C)c1N=Nc1ccc(NCc2ccccc2)cc1. The number of imidazole rings is 1. The van der Waals surface area contributed by atoms with E-state index in [4.69, 9.17) is 0 Å². The standard InChI is InChI=1S/C18H19N5/c1-22-12-13-23(2)18(22)21-20-17-10-8-16(9-11-17)19-14-15-6-4-3-5-7-15/h3-13H,14H2,1-2H3/p+1. The minimum absolute atomic E-state index is 0.802. The van der Waals surface area contributed by atoms with Gasteiger partial charge in [-0.3, -0.25) is 0 Å². The largest absolute Gasteiger partial charge is 0.421 e. The lowest BCUT2D eigenvalue weighted by Gasteiger charge is -2.06. The molecule has 3 aromatic rings. The molecule has 3 rings (SSSR count). The first-order valence-electron chi connectivity index (χ1n) is 7.53. The molecule has 2 aromatic carbocycles. The Kier molecular flexibility index (Phi) is 4.47. The summed E-state index contributed by atoms with van der Waals surface area (Å²) in [6.45, 7) is 0.806. The van der Waals surface area contributed by atoms with Crippen molar-refractivity contribution in [2.75, 3.05) is 5.32 Å². The predicted octanol–water partition coefficient (Wildman–Crippen LogP) is 3.88. The lowest BCUT2D eigenvalue weighted by Crippen LogP contribution is -2.25. The van der Waals surface area contributed by atoms with E-state index in [1.165, 1.54) is 5.56 Å². The number of hydrogen-bond acceptors (Lipinski definition) is 3. The summed E-state index contributed by atoms with van der Waals surface area (Å²) in [4.78, 5) is 0. The Bertz CT molecular complexity index is 769. The zero-order valence-corrected chi connectivity index (χ0v) is 13.3. The second-order valence-electron chi connectivity index (χ2n) is 5.41. The summed E-state index contributed by atoms with van der Waals surface area (Å²) in [5, 5.41) is 12.0. The van der Waals surface area contributed by atoms with Crippen LogP contribution in [0, 0.1) is 0 Å². The van der Waals surface area contributed by atoms with Crippen molar-refractivity contribution in [3.05, 3.63) is 72.6 Å². The molecule has 0 aliphatic carbocycles. The normalized spacial score (nSPS) is 11.0. The number of rotatable bonds is 5.